The second kappa shape index (κ2) is 10.7. The number of fused-ring (bicyclic) bond motifs is 1. The first-order chi connectivity index (χ1) is 10.7. The minimum absolute atomic E-state index is 0.337. The molecule has 0 radical (unpaired) electrons. The predicted octanol–water partition coefficient (Wildman–Crippen LogP) is 5.28. The molecule has 0 aromatic heterocycles. The Balaban J connectivity index is 0.000000225. The Hall–Kier alpha value is -2.03. The molecule has 3 nitrogen and oxygen atoms in total. The fourth-order valence-corrected chi connectivity index (χ4v) is 2.25. The number of rotatable bonds is 7. The number of hydrogen-bond acceptors (Lipinski definition) is 2. The molecule has 0 heterocycles. The fourth-order valence-electron chi connectivity index (χ4n) is 2.25. The van der Waals surface area contributed by atoms with E-state index < -0.39 is 5.97 Å². The van der Waals surface area contributed by atoms with Crippen LogP contribution in [0.1, 0.15) is 45.4 Å². The molecule has 3 heteroatoms. The molecule has 0 saturated carbocycles. The smallest absolute Gasteiger partial charge is 0.303 e. The van der Waals surface area contributed by atoms with Gasteiger partial charge >= 0.3 is 5.97 Å². The average Bonchev–Trinajstić information content (AvgIpc) is 2.54. The summed E-state index contributed by atoms with van der Waals surface area (Å²) in [6, 6.07) is 14.2. The Bertz CT molecular complexity index is 558. The average molecular weight is 302 g/mol. The van der Waals surface area contributed by atoms with Crippen LogP contribution in [0, 0.1) is 0 Å². The second-order valence-corrected chi connectivity index (χ2v) is 5.24. The maximum atomic E-state index is 10.0. The first kappa shape index (κ1) is 18.0. The number of hydrogen-bond donors (Lipinski definition) is 1. The molecule has 0 bridgehead atoms. The maximum Gasteiger partial charge on any atom is 0.303 e. The fraction of sp³-hybridized carbons (Fsp3) is 0.421. The lowest BCUT2D eigenvalue weighted by atomic mass is 10.1. The highest BCUT2D eigenvalue weighted by Gasteiger charge is 1.97. The molecule has 22 heavy (non-hydrogen) atoms. The molecule has 2 rings (SSSR count). The van der Waals surface area contributed by atoms with E-state index in [2.05, 4.69) is 25.1 Å². The summed E-state index contributed by atoms with van der Waals surface area (Å²) < 4.78 is 5.23. The van der Waals surface area contributed by atoms with Crippen LogP contribution in [-0.2, 0) is 4.79 Å². The van der Waals surface area contributed by atoms with Gasteiger partial charge in [0.2, 0.25) is 0 Å². The molecule has 2 aromatic rings. The highest BCUT2D eigenvalue weighted by atomic mass is 16.5. The number of carbonyl (C=O) groups is 1. The second-order valence-electron chi connectivity index (χ2n) is 5.24. The molecule has 0 atom stereocenters. The Kier molecular flexibility index (Phi) is 8.73. The van der Waals surface area contributed by atoms with Crippen molar-refractivity contribution < 1.29 is 14.6 Å². The van der Waals surface area contributed by atoms with Crippen molar-refractivity contribution in [1.82, 2.24) is 0 Å². The van der Waals surface area contributed by atoms with Crippen molar-refractivity contribution in [1.29, 1.82) is 0 Å². The van der Waals surface area contributed by atoms with Crippen LogP contribution in [-0.4, -0.2) is 18.2 Å². The number of benzene rings is 2. The summed E-state index contributed by atoms with van der Waals surface area (Å²) in [6.45, 7) is 2.15. The highest BCUT2D eigenvalue weighted by molar-refractivity contribution is 5.88. The normalized spacial score (nSPS) is 9.91. The van der Waals surface area contributed by atoms with Gasteiger partial charge in [0.15, 0.2) is 0 Å². The van der Waals surface area contributed by atoms with E-state index in [4.69, 9.17) is 9.84 Å². The van der Waals surface area contributed by atoms with Crippen LogP contribution in [0.2, 0.25) is 0 Å². The molecular weight excluding hydrogens is 276 g/mol. The largest absolute Gasteiger partial charge is 0.496 e. The van der Waals surface area contributed by atoms with Gasteiger partial charge in [0.25, 0.3) is 0 Å². The summed E-state index contributed by atoms with van der Waals surface area (Å²) in [5, 5.41) is 10.7. The summed E-state index contributed by atoms with van der Waals surface area (Å²) in [5.41, 5.74) is 0. The quantitative estimate of drug-likeness (QED) is 0.708. The standard InChI is InChI=1S/C11H10O.C8H16O2/c1-12-11-8-4-6-9-5-2-3-7-10(9)11;1-2-3-4-5-6-7-8(9)10/h2-8H,1H3;2-7H2,1H3,(H,9,10). The van der Waals surface area contributed by atoms with Crippen LogP contribution in [0.15, 0.2) is 42.5 Å². The van der Waals surface area contributed by atoms with Crippen molar-refractivity contribution in [3.05, 3.63) is 42.5 Å². The van der Waals surface area contributed by atoms with E-state index >= 15 is 0 Å². The Morgan fingerprint density at radius 1 is 1.00 bits per heavy atom. The van der Waals surface area contributed by atoms with Gasteiger partial charge in [-0.2, -0.15) is 0 Å². The Morgan fingerprint density at radius 2 is 1.68 bits per heavy atom. The van der Waals surface area contributed by atoms with Gasteiger partial charge in [0.05, 0.1) is 7.11 Å². The van der Waals surface area contributed by atoms with E-state index in [0.717, 1.165) is 18.6 Å². The molecule has 0 spiro atoms. The Morgan fingerprint density at radius 3 is 2.36 bits per heavy atom. The molecule has 0 unspecified atom stereocenters. The number of unbranched alkanes of at least 4 members (excludes halogenated alkanes) is 4. The summed E-state index contributed by atoms with van der Waals surface area (Å²) in [5.74, 6) is 0.268. The number of carboxylic acids is 1. The van der Waals surface area contributed by atoms with Gasteiger partial charge in [-0.3, -0.25) is 4.79 Å². The van der Waals surface area contributed by atoms with Crippen molar-refractivity contribution in [3.8, 4) is 5.75 Å². The number of carboxylic acid groups (broad SMARTS) is 1. The highest BCUT2D eigenvalue weighted by Crippen LogP contribution is 2.24. The van der Waals surface area contributed by atoms with Crippen LogP contribution >= 0.6 is 0 Å². The van der Waals surface area contributed by atoms with Gasteiger partial charge in [-0.25, -0.2) is 0 Å². The lowest BCUT2D eigenvalue weighted by Crippen LogP contribution is -1.93. The van der Waals surface area contributed by atoms with Crippen molar-refractivity contribution >= 4 is 16.7 Å². The SMILES string of the molecule is CCCCCCCC(=O)O.COc1cccc2ccccc12. The minimum atomic E-state index is -0.670. The minimum Gasteiger partial charge on any atom is -0.496 e. The molecule has 1 N–H and O–H groups in total. The third-order valence-corrected chi connectivity index (χ3v) is 3.46. The van der Waals surface area contributed by atoms with Gasteiger partial charge in [-0.05, 0) is 17.9 Å². The van der Waals surface area contributed by atoms with E-state index in [-0.39, 0.29) is 0 Å². The number of aliphatic carboxylic acids is 1. The summed E-state index contributed by atoms with van der Waals surface area (Å²) in [6.07, 6.45) is 5.88. The van der Waals surface area contributed by atoms with E-state index in [0.29, 0.717) is 6.42 Å². The zero-order chi connectivity index (χ0) is 16.2. The third kappa shape index (κ3) is 6.61. The lowest BCUT2D eigenvalue weighted by Gasteiger charge is -2.03. The van der Waals surface area contributed by atoms with Crippen molar-refractivity contribution in [2.75, 3.05) is 7.11 Å². The van der Waals surface area contributed by atoms with E-state index in [1.165, 1.54) is 30.0 Å². The maximum absolute atomic E-state index is 10.0. The lowest BCUT2D eigenvalue weighted by molar-refractivity contribution is -0.137. The van der Waals surface area contributed by atoms with Crippen LogP contribution in [0.4, 0.5) is 0 Å². The Labute approximate surface area is 132 Å². The van der Waals surface area contributed by atoms with E-state index in [9.17, 15) is 4.79 Å². The van der Waals surface area contributed by atoms with Crippen LogP contribution in [0.25, 0.3) is 10.8 Å². The van der Waals surface area contributed by atoms with Crippen LogP contribution in [0.5, 0.6) is 5.75 Å². The van der Waals surface area contributed by atoms with E-state index in [1.807, 2.05) is 24.3 Å². The number of methoxy groups -OCH3 is 1. The van der Waals surface area contributed by atoms with E-state index in [1.54, 1.807) is 7.11 Å². The molecular formula is C19H26O3. The molecule has 0 fully saturated rings. The number of ether oxygens (including phenoxy) is 1. The third-order valence-electron chi connectivity index (χ3n) is 3.46. The summed E-state index contributed by atoms with van der Waals surface area (Å²) in [4.78, 5) is 10.0. The monoisotopic (exact) mass is 302 g/mol. The molecule has 0 aliphatic rings. The topological polar surface area (TPSA) is 46.5 Å². The molecule has 120 valence electrons. The zero-order valence-corrected chi connectivity index (χ0v) is 13.5. The van der Waals surface area contributed by atoms with Gasteiger partial charge < -0.3 is 9.84 Å². The molecule has 0 aliphatic heterocycles. The van der Waals surface area contributed by atoms with Gasteiger partial charge in [-0.15, -0.1) is 0 Å². The first-order valence-electron chi connectivity index (χ1n) is 7.92. The zero-order valence-electron chi connectivity index (χ0n) is 13.5. The van der Waals surface area contributed by atoms with Crippen LogP contribution < -0.4 is 4.74 Å². The van der Waals surface area contributed by atoms with Gasteiger partial charge in [0, 0.05) is 11.8 Å². The van der Waals surface area contributed by atoms with Crippen molar-refractivity contribution in [2.24, 2.45) is 0 Å². The van der Waals surface area contributed by atoms with Crippen molar-refractivity contribution in [2.45, 2.75) is 45.4 Å². The van der Waals surface area contributed by atoms with Gasteiger partial charge in [-0.1, -0.05) is 69.0 Å². The van der Waals surface area contributed by atoms with Gasteiger partial charge in [0.1, 0.15) is 5.75 Å². The molecule has 0 saturated heterocycles. The van der Waals surface area contributed by atoms with Crippen molar-refractivity contribution in [3.63, 3.8) is 0 Å². The molecule has 0 aliphatic carbocycles. The first-order valence-corrected chi connectivity index (χ1v) is 7.92. The molecule has 2 aromatic carbocycles. The molecule has 0 amide bonds. The summed E-state index contributed by atoms with van der Waals surface area (Å²) >= 11 is 0. The van der Waals surface area contributed by atoms with Crippen LogP contribution in [0.3, 0.4) is 0 Å². The summed E-state index contributed by atoms with van der Waals surface area (Å²) in [7, 11) is 1.70. The predicted molar refractivity (Wildman–Crippen MR) is 91.5 cm³/mol.